The van der Waals surface area contributed by atoms with Crippen LogP contribution in [-0.2, 0) is 16.0 Å². The molecule has 1 rings (SSSR count). The van der Waals surface area contributed by atoms with Gasteiger partial charge in [0.25, 0.3) is 0 Å². The van der Waals surface area contributed by atoms with Gasteiger partial charge in [0.2, 0.25) is 0 Å². The predicted octanol–water partition coefficient (Wildman–Crippen LogP) is 3.26. The van der Waals surface area contributed by atoms with E-state index in [0.717, 1.165) is 5.56 Å². The molecule has 20 heavy (non-hydrogen) atoms. The van der Waals surface area contributed by atoms with E-state index in [4.69, 9.17) is 4.74 Å². The molecule has 0 spiro atoms. The van der Waals surface area contributed by atoms with Crippen LogP contribution in [0.3, 0.4) is 0 Å². The summed E-state index contributed by atoms with van der Waals surface area (Å²) in [6, 6.07) is 4.85. The molecule has 0 aliphatic heterocycles. The Morgan fingerprint density at radius 2 is 1.95 bits per heavy atom. The van der Waals surface area contributed by atoms with Crippen molar-refractivity contribution in [2.75, 3.05) is 5.32 Å². The lowest BCUT2D eigenvalue weighted by Gasteiger charge is -2.20. The highest BCUT2D eigenvalue weighted by atomic mass is 16.6. The molecule has 0 saturated carbocycles. The van der Waals surface area contributed by atoms with Crippen molar-refractivity contribution < 1.29 is 19.4 Å². The Labute approximate surface area is 118 Å². The third kappa shape index (κ3) is 5.73. The van der Waals surface area contributed by atoms with E-state index in [0.29, 0.717) is 12.8 Å². The third-order valence-corrected chi connectivity index (χ3v) is 2.46. The summed E-state index contributed by atoms with van der Waals surface area (Å²) in [5.41, 5.74) is 0.538. The summed E-state index contributed by atoms with van der Waals surface area (Å²) >= 11 is 0. The lowest BCUT2D eigenvalue weighted by molar-refractivity contribution is -0.116. The molecule has 0 radical (unpaired) electrons. The molecule has 110 valence electrons. The quantitative estimate of drug-likeness (QED) is 0.829. The maximum Gasteiger partial charge on any atom is 0.412 e. The Morgan fingerprint density at radius 3 is 2.50 bits per heavy atom. The highest BCUT2D eigenvalue weighted by molar-refractivity contribution is 5.87. The monoisotopic (exact) mass is 279 g/mol. The number of carbonyl (C=O) groups excluding carboxylic acids is 2. The summed E-state index contributed by atoms with van der Waals surface area (Å²) in [4.78, 5) is 22.6. The minimum Gasteiger partial charge on any atom is -0.506 e. The number of hydrogen-bond donors (Lipinski definition) is 2. The van der Waals surface area contributed by atoms with Gasteiger partial charge >= 0.3 is 6.09 Å². The number of anilines is 1. The summed E-state index contributed by atoms with van der Waals surface area (Å²) in [5.74, 6) is 0.0576. The number of ether oxygens (including phenoxy) is 1. The number of Topliss-reactive ketones (excluding diaryl/α,β-unsaturated/α-hetero) is 1. The Hall–Kier alpha value is -2.04. The number of hydrogen-bond acceptors (Lipinski definition) is 4. The van der Waals surface area contributed by atoms with Crippen LogP contribution in [0, 0.1) is 0 Å². The average Bonchev–Trinajstić information content (AvgIpc) is 2.27. The molecule has 0 saturated heterocycles. The van der Waals surface area contributed by atoms with Crippen LogP contribution in [0.1, 0.15) is 39.7 Å². The first kappa shape index (κ1) is 16.0. The van der Waals surface area contributed by atoms with Crippen LogP contribution in [0.25, 0.3) is 0 Å². The van der Waals surface area contributed by atoms with Crippen LogP contribution >= 0.6 is 0 Å². The Balaban J connectivity index is 2.76. The zero-order valence-electron chi connectivity index (χ0n) is 12.3. The molecule has 5 nitrogen and oxygen atoms in total. The predicted molar refractivity (Wildman–Crippen MR) is 77.0 cm³/mol. The molecule has 1 aromatic rings. The van der Waals surface area contributed by atoms with Gasteiger partial charge in [-0.2, -0.15) is 0 Å². The molecule has 0 heterocycles. The van der Waals surface area contributed by atoms with E-state index >= 15 is 0 Å². The molecule has 0 unspecified atom stereocenters. The molecular formula is C15H21NO4. The van der Waals surface area contributed by atoms with Crippen LogP contribution < -0.4 is 5.32 Å². The molecule has 0 fully saturated rings. The van der Waals surface area contributed by atoms with Crippen molar-refractivity contribution in [1.29, 1.82) is 0 Å². The number of amides is 1. The van der Waals surface area contributed by atoms with E-state index in [1.54, 1.807) is 32.9 Å². The van der Waals surface area contributed by atoms with Gasteiger partial charge < -0.3 is 14.6 Å². The van der Waals surface area contributed by atoms with Crippen LogP contribution in [0.2, 0.25) is 0 Å². The number of nitrogens with one attached hydrogen (secondary N) is 1. The highest BCUT2D eigenvalue weighted by Crippen LogP contribution is 2.25. The lowest BCUT2D eigenvalue weighted by atomic mass is 10.1. The van der Waals surface area contributed by atoms with Crippen molar-refractivity contribution in [3.63, 3.8) is 0 Å². The first-order valence-corrected chi connectivity index (χ1v) is 6.49. The summed E-state index contributed by atoms with van der Waals surface area (Å²) in [6.07, 6.45) is 0.367. The number of ketones is 1. The van der Waals surface area contributed by atoms with Gasteiger partial charge in [0, 0.05) is 6.42 Å². The summed E-state index contributed by atoms with van der Waals surface area (Å²) in [5, 5.41) is 12.2. The van der Waals surface area contributed by atoms with Crippen molar-refractivity contribution in [1.82, 2.24) is 0 Å². The molecule has 1 aromatic carbocycles. The van der Waals surface area contributed by atoms with Gasteiger partial charge in [-0.15, -0.1) is 0 Å². The number of phenols is 1. The summed E-state index contributed by atoms with van der Waals surface area (Å²) in [7, 11) is 0. The highest BCUT2D eigenvalue weighted by Gasteiger charge is 2.17. The van der Waals surface area contributed by atoms with Crippen LogP contribution in [0.4, 0.5) is 10.5 Å². The molecule has 0 aliphatic carbocycles. The first-order chi connectivity index (χ1) is 9.17. The summed E-state index contributed by atoms with van der Waals surface area (Å²) < 4.78 is 5.12. The number of benzene rings is 1. The van der Waals surface area contributed by atoms with Gasteiger partial charge in [-0.25, -0.2) is 4.79 Å². The van der Waals surface area contributed by atoms with Gasteiger partial charge in [0.15, 0.2) is 0 Å². The number of aryl methyl sites for hydroxylation is 1. The van der Waals surface area contributed by atoms with E-state index in [2.05, 4.69) is 5.32 Å². The molecule has 1 amide bonds. The fraction of sp³-hybridized carbons (Fsp3) is 0.467. The molecule has 2 N–H and O–H groups in total. The molecule has 5 heteroatoms. The smallest absolute Gasteiger partial charge is 0.412 e. The van der Waals surface area contributed by atoms with Crippen LogP contribution in [-0.4, -0.2) is 22.6 Å². The number of aromatic hydroxyl groups is 1. The topological polar surface area (TPSA) is 75.6 Å². The summed E-state index contributed by atoms with van der Waals surface area (Å²) in [6.45, 7) is 6.81. The van der Waals surface area contributed by atoms with E-state index < -0.39 is 11.7 Å². The SMILES string of the molecule is CC(=O)CCc1ccc(O)c(NC(=O)OC(C)(C)C)c1. The van der Waals surface area contributed by atoms with Crippen molar-refractivity contribution in [3.05, 3.63) is 23.8 Å². The largest absolute Gasteiger partial charge is 0.506 e. The van der Waals surface area contributed by atoms with E-state index in [1.165, 1.54) is 13.0 Å². The average molecular weight is 279 g/mol. The Kier molecular flexibility index (Phi) is 5.13. The number of phenolic OH excluding ortho intramolecular Hbond substituents is 1. The fourth-order valence-electron chi connectivity index (χ4n) is 1.57. The zero-order chi connectivity index (χ0) is 15.3. The van der Waals surface area contributed by atoms with Gasteiger partial charge in [0.1, 0.15) is 17.1 Å². The van der Waals surface area contributed by atoms with Gasteiger partial charge in [-0.1, -0.05) is 6.07 Å². The number of rotatable bonds is 4. The lowest BCUT2D eigenvalue weighted by Crippen LogP contribution is -2.27. The van der Waals surface area contributed by atoms with Crippen molar-refractivity contribution in [2.45, 2.75) is 46.1 Å². The maximum atomic E-state index is 11.7. The second-order valence-electron chi connectivity index (χ2n) is 5.68. The Morgan fingerprint density at radius 1 is 1.30 bits per heavy atom. The van der Waals surface area contributed by atoms with E-state index in [9.17, 15) is 14.7 Å². The van der Waals surface area contributed by atoms with E-state index in [-0.39, 0.29) is 17.2 Å². The minimum atomic E-state index is -0.628. The molecule has 0 bridgehead atoms. The maximum absolute atomic E-state index is 11.7. The zero-order valence-corrected chi connectivity index (χ0v) is 12.3. The van der Waals surface area contributed by atoms with Gasteiger partial charge in [-0.05, 0) is 51.8 Å². The van der Waals surface area contributed by atoms with Gasteiger partial charge in [-0.3, -0.25) is 5.32 Å². The normalized spacial score (nSPS) is 11.0. The molecular weight excluding hydrogens is 258 g/mol. The molecule has 0 aliphatic rings. The Bertz CT molecular complexity index is 503. The van der Waals surface area contributed by atoms with Crippen LogP contribution in [0.5, 0.6) is 5.75 Å². The van der Waals surface area contributed by atoms with Crippen molar-refractivity contribution >= 4 is 17.6 Å². The third-order valence-electron chi connectivity index (χ3n) is 2.46. The molecule has 0 atom stereocenters. The minimum absolute atomic E-state index is 0.0394. The standard InChI is InChI=1S/C15H21NO4/c1-10(17)5-6-11-7-8-13(18)12(9-11)16-14(19)20-15(2,3)4/h7-9,18H,5-6H2,1-4H3,(H,16,19). The van der Waals surface area contributed by atoms with Gasteiger partial charge in [0.05, 0.1) is 5.69 Å². The van der Waals surface area contributed by atoms with Crippen LogP contribution in [0.15, 0.2) is 18.2 Å². The van der Waals surface area contributed by atoms with Crippen molar-refractivity contribution in [3.8, 4) is 5.75 Å². The first-order valence-electron chi connectivity index (χ1n) is 6.49. The second kappa shape index (κ2) is 6.41. The second-order valence-corrected chi connectivity index (χ2v) is 5.68. The number of carbonyl (C=O) groups is 2. The fourth-order valence-corrected chi connectivity index (χ4v) is 1.57. The molecule has 0 aromatic heterocycles. The van der Waals surface area contributed by atoms with Crippen molar-refractivity contribution in [2.24, 2.45) is 0 Å². The van der Waals surface area contributed by atoms with E-state index in [1.807, 2.05) is 0 Å².